The summed E-state index contributed by atoms with van der Waals surface area (Å²) in [4.78, 5) is 28.1. The Kier molecular flexibility index (Phi) is 6.50. The number of carbonyl (C=O) groups excluding carboxylic acids is 2. The summed E-state index contributed by atoms with van der Waals surface area (Å²) in [6.07, 6.45) is 3.32. The zero-order chi connectivity index (χ0) is 20.9. The van der Waals surface area contributed by atoms with Crippen molar-refractivity contribution in [3.63, 3.8) is 0 Å². The smallest absolute Gasteiger partial charge is 0.338 e. The number of ether oxygens (including phenoxy) is 1. The average molecular weight is 426 g/mol. The molecule has 1 saturated heterocycles. The average Bonchev–Trinajstić information content (AvgIpc) is 3.30. The SMILES string of the molecule is COC(=O)C1=C(CN2CCC(Cc3ccccc3)CC2)NC(=O)NC1c1cccs1. The molecule has 3 heterocycles. The van der Waals surface area contributed by atoms with Crippen LogP contribution in [0.2, 0.25) is 0 Å². The van der Waals surface area contributed by atoms with E-state index in [0.29, 0.717) is 23.7 Å². The van der Waals surface area contributed by atoms with Crippen molar-refractivity contribution < 1.29 is 14.3 Å². The number of nitrogens with one attached hydrogen (secondary N) is 2. The maximum absolute atomic E-state index is 12.6. The van der Waals surface area contributed by atoms with Gasteiger partial charge in [0.05, 0.1) is 18.7 Å². The number of esters is 1. The predicted molar refractivity (Wildman–Crippen MR) is 117 cm³/mol. The van der Waals surface area contributed by atoms with Gasteiger partial charge >= 0.3 is 12.0 Å². The summed E-state index contributed by atoms with van der Waals surface area (Å²) in [5, 5.41) is 7.67. The molecule has 2 aliphatic rings. The van der Waals surface area contributed by atoms with Crippen LogP contribution >= 0.6 is 11.3 Å². The number of likely N-dealkylation sites (tertiary alicyclic amines) is 1. The number of hydrogen-bond acceptors (Lipinski definition) is 5. The highest BCUT2D eigenvalue weighted by Gasteiger charge is 2.35. The van der Waals surface area contributed by atoms with Crippen LogP contribution in [0.3, 0.4) is 0 Å². The van der Waals surface area contributed by atoms with Crippen LogP contribution in [0.1, 0.15) is 29.3 Å². The number of benzene rings is 1. The maximum Gasteiger partial charge on any atom is 0.338 e. The highest BCUT2D eigenvalue weighted by atomic mass is 32.1. The van der Waals surface area contributed by atoms with E-state index in [1.54, 1.807) is 0 Å². The number of thiophene rings is 1. The van der Waals surface area contributed by atoms with Crippen molar-refractivity contribution in [3.05, 3.63) is 69.6 Å². The first-order chi connectivity index (χ1) is 14.6. The zero-order valence-electron chi connectivity index (χ0n) is 17.1. The standard InChI is InChI=1S/C23H27N3O3S/c1-29-22(27)20-18(24-23(28)25-21(20)19-8-5-13-30-19)15-26-11-9-17(10-12-26)14-16-6-3-2-4-7-16/h2-8,13,17,21H,9-12,14-15H2,1H3,(H2,24,25,28). The quantitative estimate of drug-likeness (QED) is 0.695. The van der Waals surface area contributed by atoms with E-state index in [2.05, 4.69) is 45.9 Å². The third-order valence-corrected chi connectivity index (χ3v) is 6.78. The molecule has 1 fully saturated rings. The Hall–Kier alpha value is -2.64. The van der Waals surface area contributed by atoms with Crippen LogP contribution in [0.5, 0.6) is 0 Å². The molecule has 6 nitrogen and oxygen atoms in total. The number of amides is 2. The first-order valence-electron chi connectivity index (χ1n) is 10.3. The summed E-state index contributed by atoms with van der Waals surface area (Å²) >= 11 is 1.51. The summed E-state index contributed by atoms with van der Waals surface area (Å²) in [7, 11) is 1.38. The summed E-state index contributed by atoms with van der Waals surface area (Å²) in [5.74, 6) is 0.258. The van der Waals surface area contributed by atoms with E-state index in [4.69, 9.17) is 4.74 Å². The molecule has 158 valence electrons. The van der Waals surface area contributed by atoms with Gasteiger partial charge in [0.25, 0.3) is 0 Å². The monoisotopic (exact) mass is 425 g/mol. The maximum atomic E-state index is 12.6. The fourth-order valence-corrected chi connectivity index (χ4v) is 5.07. The van der Waals surface area contributed by atoms with Gasteiger partial charge in [0.15, 0.2) is 0 Å². The van der Waals surface area contributed by atoms with Gasteiger partial charge in [0.2, 0.25) is 0 Å². The molecule has 2 aliphatic heterocycles. The molecule has 0 aliphatic carbocycles. The molecule has 1 atom stereocenters. The van der Waals surface area contributed by atoms with E-state index in [1.807, 2.05) is 17.5 Å². The summed E-state index contributed by atoms with van der Waals surface area (Å²) in [5.41, 5.74) is 2.52. The van der Waals surface area contributed by atoms with E-state index in [9.17, 15) is 9.59 Å². The molecular formula is C23H27N3O3S. The Labute approximate surface area is 180 Å². The third-order valence-electron chi connectivity index (χ3n) is 5.84. The number of nitrogens with zero attached hydrogens (tertiary/aromatic N) is 1. The van der Waals surface area contributed by atoms with Gasteiger partial charge in [-0.05, 0) is 55.3 Å². The first-order valence-corrected chi connectivity index (χ1v) is 11.2. The van der Waals surface area contributed by atoms with Crippen molar-refractivity contribution in [2.45, 2.75) is 25.3 Å². The fourth-order valence-electron chi connectivity index (χ4n) is 4.28. The number of piperidine rings is 1. The lowest BCUT2D eigenvalue weighted by atomic mass is 9.90. The lowest BCUT2D eigenvalue weighted by Gasteiger charge is -2.35. The van der Waals surface area contributed by atoms with Crippen LogP contribution in [0.15, 0.2) is 59.1 Å². The number of methoxy groups -OCH3 is 1. The lowest BCUT2D eigenvalue weighted by molar-refractivity contribution is -0.136. The second kappa shape index (κ2) is 9.45. The molecule has 30 heavy (non-hydrogen) atoms. The van der Waals surface area contributed by atoms with Gasteiger partial charge in [-0.25, -0.2) is 9.59 Å². The lowest BCUT2D eigenvalue weighted by Crippen LogP contribution is -2.49. The summed E-state index contributed by atoms with van der Waals surface area (Å²) in [6.45, 7) is 2.43. The molecular weight excluding hydrogens is 398 g/mol. The molecule has 2 amide bonds. The normalized spacial score (nSPS) is 20.6. The zero-order valence-corrected chi connectivity index (χ0v) is 17.9. The van der Waals surface area contributed by atoms with Crippen molar-refractivity contribution >= 4 is 23.3 Å². The van der Waals surface area contributed by atoms with E-state index < -0.39 is 12.0 Å². The van der Waals surface area contributed by atoms with Crippen molar-refractivity contribution in [2.75, 3.05) is 26.7 Å². The molecule has 1 aromatic carbocycles. The Morgan fingerprint density at radius 3 is 2.60 bits per heavy atom. The Bertz CT molecular complexity index is 903. The molecule has 0 saturated carbocycles. The second-order valence-electron chi connectivity index (χ2n) is 7.84. The van der Waals surface area contributed by atoms with E-state index in [-0.39, 0.29) is 6.03 Å². The van der Waals surface area contributed by atoms with Crippen molar-refractivity contribution in [3.8, 4) is 0 Å². The molecule has 2 aromatic rings. The van der Waals surface area contributed by atoms with Gasteiger partial charge in [0, 0.05) is 17.1 Å². The van der Waals surface area contributed by atoms with Crippen molar-refractivity contribution in [1.29, 1.82) is 0 Å². The molecule has 0 bridgehead atoms. The number of carbonyl (C=O) groups is 2. The van der Waals surface area contributed by atoms with Gasteiger partial charge in [-0.2, -0.15) is 0 Å². The van der Waals surface area contributed by atoms with Gasteiger partial charge in [-0.3, -0.25) is 4.90 Å². The van der Waals surface area contributed by atoms with Crippen molar-refractivity contribution in [2.24, 2.45) is 5.92 Å². The molecule has 7 heteroatoms. The Morgan fingerprint density at radius 1 is 1.17 bits per heavy atom. The molecule has 0 radical (unpaired) electrons. The predicted octanol–water partition coefficient (Wildman–Crippen LogP) is 3.48. The van der Waals surface area contributed by atoms with Crippen LogP contribution in [-0.4, -0.2) is 43.6 Å². The first kappa shape index (κ1) is 20.6. The number of hydrogen-bond donors (Lipinski definition) is 2. The van der Waals surface area contributed by atoms with Crippen molar-refractivity contribution in [1.82, 2.24) is 15.5 Å². The largest absolute Gasteiger partial charge is 0.466 e. The highest BCUT2D eigenvalue weighted by molar-refractivity contribution is 7.10. The minimum atomic E-state index is -0.475. The van der Waals surface area contributed by atoms with Gasteiger partial charge in [-0.15, -0.1) is 11.3 Å². The number of urea groups is 1. The van der Waals surface area contributed by atoms with E-state index in [0.717, 1.165) is 37.2 Å². The summed E-state index contributed by atoms with van der Waals surface area (Å²) < 4.78 is 5.05. The van der Waals surface area contributed by atoms with Gasteiger partial charge < -0.3 is 15.4 Å². The van der Waals surface area contributed by atoms with Gasteiger partial charge in [0.1, 0.15) is 0 Å². The molecule has 4 rings (SSSR count). The van der Waals surface area contributed by atoms with E-state index >= 15 is 0 Å². The third kappa shape index (κ3) is 4.74. The topological polar surface area (TPSA) is 70.7 Å². The fraction of sp³-hybridized carbons (Fsp3) is 0.391. The molecule has 0 spiro atoms. The van der Waals surface area contributed by atoms with Crippen LogP contribution < -0.4 is 10.6 Å². The second-order valence-corrected chi connectivity index (χ2v) is 8.82. The molecule has 1 unspecified atom stereocenters. The van der Waals surface area contributed by atoms with Gasteiger partial charge in [-0.1, -0.05) is 36.4 Å². The number of rotatable bonds is 6. The van der Waals surface area contributed by atoms with E-state index in [1.165, 1.54) is 24.0 Å². The van der Waals surface area contributed by atoms with Crippen LogP contribution in [0.25, 0.3) is 0 Å². The van der Waals surface area contributed by atoms with Crippen LogP contribution in [-0.2, 0) is 16.0 Å². The Morgan fingerprint density at radius 2 is 1.93 bits per heavy atom. The Balaban J connectivity index is 1.46. The molecule has 1 aromatic heterocycles. The minimum absolute atomic E-state index is 0.282. The minimum Gasteiger partial charge on any atom is -0.466 e. The van der Waals surface area contributed by atoms with Crippen LogP contribution in [0.4, 0.5) is 4.79 Å². The highest BCUT2D eigenvalue weighted by Crippen LogP contribution is 2.31. The van der Waals surface area contributed by atoms with Crippen LogP contribution in [0, 0.1) is 5.92 Å². The summed E-state index contributed by atoms with van der Waals surface area (Å²) in [6, 6.07) is 13.7. The molecule has 2 N–H and O–H groups in total.